The summed E-state index contributed by atoms with van der Waals surface area (Å²) in [6, 6.07) is 6.01. The first-order valence-electron chi connectivity index (χ1n) is 7.68. The lowest BCUT2D eigenvalue weighted by atomic mass is 10.00. The summed E-state index contributed by atoms with van der Waals surface area (Å²) in [5.41, 5.74) is -0.519. The van der Waals surface area contributed by atoms with Gasteiger partial charge in [-0.1, -0.05) is 0 Å². The number of nitrogens with one attached hydrogen (secondary N) is 2. The number of carbonyl (C=O) groups is 3. The number of methoxy groups -OCH3 is 1. The van der Waals surface area contributed by atoms with Gasteiger partial charge in [0.1, 0.15) is 17.3 Å². The quantitative estimate of drug-likeness (QED) is 0.767. The molecule has 8 nitrogen and oxygen atoms in total. The van der Waals surface area contributed by atoms with Gasteiger partial charge in [0.2, 0.25) is 17.7 Å². The molecule has 2 fully saturated rings. The number of nitrogens with zero attached hydrogens (tertiary/aromatic N) is 2. The lowest BCUT2D eigenvalue weighted by molar-refractivity contribution is -0.154. The summed E-state index contributed by atoms with van der Waals surface area (Å²) in [5, 5.41) is 7.92. The third kappa shape index (κ3) is 2.85. The zero-order chi connectivity index (χ0) is 18.4. The highest BCUT2D eigenvalue weighted by atomic mass is 32.1. The standard InChI is InChI=1S/C16H18N4O4S/c1-16(2)14(23)18-15(25)19-12(21)8-11(20(16)19)13(22)17-9-4-6-10(24-3)7-5-9/h4-7,11H,8H2,1-3H3,(H,17,22)(H,18,23,25)/t11-/m0/s1. The molecular formula is C16H18N4O4S. The first kappa shape index (κ1) is 17.3. The van der Waals surface area contributed by atoms with Crippen molar-refractivity contribution in [2.45, 2.75) is 31.8 Å². The van der Waals surface area contributed by atoms with Gasteiger partial charge in [-0.15, -0.1) is 0 Å². The van der Waals surface area contributed by atoms with Crippen LogP contribution in [0.2, 0.25) is 0 Å². The molecule has 25 heavy (non-hydrogen) atoms. The van der Waals surface area contributed by atoms with Gasteiger partial charge in [-0.25, -0.2) is 5.01 Å². The number of carbonyl (C=O) groups excluding carboxylic acids is 3. The fourth-order valence-electron chi connectivity index (χ4n) is 2.96. The monoisotopic (exact) mass is 362 g/mol. The van der Waals surface area contributed by atoms with E-state index in [9.17, 15) is 14.4 Å². The van der Waals surface area contributed by atoms with Gasteiger partial charge in [0.25, 0.3) is 0 Å². The molecule has 132 valence electrons. The van der Waals surface area contributed by atoms with Crippen molar-refractivity contribution in [1.82, 2.24) is 15.3 Å². The van der Waals surface area contributed by atoms with E-state index in [1.54, 1.807) is 45.2 Å². The highest BCUT2D eigenvalue weighted by Crippen LogP contribution is 2.33. The Morgan fingerprint density at radius 2 is 1.96 bits per heavy atom. The smallest absolute Gasteiger partial charge is 0.248 e. The molecule has 0 radical (unpaired) electrons. The average molecular weight is 362 g/mol. The maximum atomic E-state index is 12.7. The van der Waals surface area contributed by atoms with E-state index < -0.39 is 11.6 Å². The molecule has 3 rings (SSSR count). The van der Waals surface area contributed by atoms with Crippen LogP contribution in [0, 0.1) is 0 Å². The van der Waals surface area contributed by atoms with Crippen LogP contribution in [0.5, 0.6) is 5.75 Å². The van der Waals surface area contributed by atoms with Crippen LogP contribution in [0.1, 0.15) is 20.3 Å². The molecule has 9 heteroatoms. The number of benzene rings is 1. The van der Waals surface area contributed by atoms with Crippen molar-refractivity contribution in [3.63, 3.8) is 0 Å². The lowest BCUT2D eigenvalue weighted by Gasteiger charge is -2.45. The Kier molecular flexibility index (Phi) is 4.21. The normalized spacial score (nSPS) is 22.4. The van der Waals surface area contributed by atoms with Crippen molar-refractivity contribution in [1.29, 1.82) is 0 Å². The summed E-state index contributed by atoms with van der Waals surface area (Å²) in [5.74, 6) is -0.398. The maximum absolute atomic E-state index is 12.7. The highest BCUT2D eigenvalue weighted by molar-refractivity contribution is 7.80. The number of anilines is 1. The van der Waals surface area contributed by atoms with Gasteiger partial charge in [-0.05, 0) is 50.3 Å². The van der Waals surface area contributed by atoms with Crippen LogP contribution in [0.25, 0.3) is 0 Å². The molecule has 0 bridgehead atoms. The van der Waals surface area contributed by atoms with Crippen molar-refractivity contribution in [3.8, 4) is 5.75 Å². The summed E-state index contributed by atoms with van der Waals surface area (Å²) in [4.78, 5) is 37.3. The second kappa shape index (κ2) is 6.08. The van der Waals surface area contributed by atoms with E-state index in [0.29, 0.717) is 11.4 Å². The molecule has 3 amide bonds. The summed E-state index contributed by atoms with van der Waals surface area (Å²) < 4.78 is 5.08. The van der Waals surface area contributed by atoms with Gasteiger partial charge in [0.15, 0.2) is 5.11 Å². The van der Waals surface area contributed by atoms with Crippen LogP contribution in [0.15, 0.2) is 24.3 Å². The predicted molar refractivity (Wildman–Crippen MR) is 93.5 cm³/mol. The van der Waals surface area contributed by atoms with Crippen LogP contribution in [-0.2, 0) is 14.4 Å². The van der Waals surface area contributed by atoms with E-state index >= 15 is 0 Å². The number of fused-ring (bicyclic) bond motifs is 1. The molecule has 0 spiro atoms. The van der Waals surface area contributed by atoms with Crippen LogP contribution < -0.4 is 15.4 Å². The number of hydrazine groups is 1. The van der Waals surface area contributed by atoms with Crippen molar-refractivity contribution < 1.29 is 19.1 Å². The number of amides is 3. The average Bonchev–Trinajstić information content (AvgIpc) is 2.93. The van der Waals surface area contributed by atoms with E-state index in [1.807, 2.05) is 0 Å². The van der Waals surface area contributed by atoms with Crippen LogP contribution in [0.3, 0.4) is 0 Å². The maximum Gasteiger partial charge on any atom is 0.248 e. The van der Waals surface area contributed by atoms with Crippen LogP contribution in [-0.4, -0.2) is 51.5 Å². The molecule has 1 aromatic carbocycles. The zero-order valence-electron chi connectivity index (χ0n) is 14.0. The van der Waals surface area contributed by atoms with Gasteiger partial charge in [-0.3, -0.25) is 19.7 Å². The van der Waals surface area contributed by atoms with Crippen molar-refractivity contribution in [2.75, 3.05) is 12.4 Å². The fourth-order valence-corrected chi connectivity index (χ4v) is 3.24. The molecule has 0 unspecified atom stereocenters. The molecule has 0 aromatic heterocycles. The minimum atomic E-state index is -1.09. The Bertz CT molecular complexity index is 762. The Morgan fingerprint density at radius 1 is 1.32 bits per heavy atom. The number of hydrogen-bond donors (Lipinski definition) is 2. The van der Waals surface area contributed by atoms with Gasteiger partial charge >= 0.3 is 0 Å². The molecule has 2 N–H and O–H groups in total. The van der Waals surface area contributed by atoms with Crippen LogP contribution in [0.4, 0.5) is 5.69 Å². The van der Waals surface area contributed by atoms with Crippen molar-refractivity contribution in [2.24, 2.45) is 0 Å². The molecule has 0 saturated carbocycles. The highest BCUT2D eigenvalue weighted by Gasteiger charge is 2.56. The molecule has 2 aliphatic heterocycles. The lowest BCUT2D eigenvalue weighted by Crippen LogP contribution is -2.71. The molecule has 1 atom stereocenters. The third-order valence-electron chi connectivity index (χ3n) is 4.32. The second-order valence-electron chi connectivity index (χ2n) is 6.31. The molecule has 2 saturated heterocycles. The second-order valence-corrected chi connectivity index (χ2v) is 6.69. The molecule has 2 aliphatic rings. The largest absolute Gasteiger partial charge is 0.497 e. The SMILES string of the molecule is COc1ccc(NC(=O)[C@@H]2CC(=O)N3C(=S)NC(=O)C(C)(C)N23)cc1. The summed E-state index contributed by atoms with van der Waals surface area (Å²) >= 11 is 5.08. The Hall–Kier alpha value is -2.52. The minimum absolute atomic E-state index is 0.00549. The van der Waals surface area contributed by atoms with Gasteiger partial charge in [0, 0.05) is 5.69 Å². The Balaban J connectivity index is 1.85. The van der Waals surface area contributed by atoms with E-state index in [2.05, 4.69) is 10.6 Å². The first-order valence-corrected chi connectivity index (χ1v) is 8.09. The molecule has 0 aliphatic carbocycles. The van der Waals surface area contributed by atoms with Crippen LogP contribution >= 0.6 is 12.2 Å². The molecular weight excluding hydrogens is 344 g/mol. The number of ether oxygens (including phenoxy) is 1. The van der Waals surface area contributed by atoms with Crippen molar-refractivity contribution >= 4 is 40.7 Å². The number of hydrogen-bond acceptors (Lipinski definition) is 6. The van der Waals surface area contributed by atoms with E-state index in [0.717, 1.165) is 0 Å². The predicted octanol–water partition coefficient (Wildman–Crippen LogP) is 0.645. The zero-order valence-corrected chi connectivity index (χ0v) is 14.8. The molecule has 2 heterocycles. The summed E-state index contributed by atoms with van der Waals surface area (Å²) in [7, 11) is 1.55. The van der Waals surface area contributed by atoms with E-state index in [1.165, 1.54) is 10.0 Å². The Morgan fingerprint density at radius 3 is 2.56 bits per heavy atom. The third-order valence-corrected chi connectivity index (χ3v) is 4.59. The number of thiocarbonyl (C=S) groups is 1. The van der Waals surface area contributed by atoms with Gasteiger partial charge in [-0.2, -0.15) is 5.01 Å². The fraction of sp³-hybridized carbons (Fsp3) is 0.375. The number of rotatable bonds is 3. The van der Waals surface area contributed by atoms with Gasteiger partial charge in [0.05, 0.1) is 13.5 Å². The van der Waals surface area contributed by atoms with Crippen molar-refractivity contribution in [3.05, 3.63) is 24.3 Å². The minimum Gasteiger partial charge on any atom is -0.497 e. The van der Waals surface area contributed by atoms with E-state index in [4.69, 9.17) is 17.0 Å². The summed E-state index contributed by atoms with van der Waals surface area (Å²) in [6.45, 7) is 3.28. The topological polar surface area (TPSA) is 91.0 Å². The van der Waals surface area contributed by atoms with Gasteiger partial charge < -0.3 is 10.1 Å². The Labute approximate surface area is 150 Å². The summed E-state index contributed by atoms with van der Waals surface area (Å²) in [6.07, 6.45) is -0.0550. The first-order chi connectivity index (χ1) is 11.8. The van der Waals surface area contributed by atoms with E-state index in [-0.39, 0.29) is 29.3 Å². The molecule has 1 aromatic rings.